The molecule has 118 valence electrons. The molecule has 1 aliphatic heterocycles. The second-order valence-electron chi connectivity index (χ2n) is 5.55. The fourth-order valence-electron chi connectivity index (χ4n) is 2.80. The summed E-state index contributed by atoms with van der Waals surface area (Å²) in [6.45, 7) is 5.49. The largest absolute Gasteiger partial charge is 0.491 e. The fourth-order valence-corrected chi connectivity index (χ4v) is 4.35. The van der Waals surface area contributed by atoms with Gasteiger partial charge in [-0.1, -0.05) is 23.4 Å². The molecule has 2 aromatic rings. The van der Waals surface area contributed by atoms with E-state index in [1.165, 1.54) is 0 Å². The Morgan fingerprint density at radius 3 is 2.73 bits per heavy atom. The number of rotatable bonds is 3. The van der Waals surface area contributed by atoms with Crippen molar-refractivity contribution in [2.75, 3.05) is 6.61 Å². The number of fused-ring (bicyclic) bond motifs is 1. The van der Waals surface area contributed by atoms with E-state index in [1.807, 2.05) is 25.1 Å². The predicted octanol–water partition coefficient (Wildman–Crippen LogP) is 1.88. The van der Waals surface area contributed by atoms with E-state index < -0.39 is 10.0 Å². The number of nitrogens with zero attached hydrogens (tertiary/aromatic N) is 1. The molecular weight excluding hydrogens is 304 g/mol. The summed E-state index contributed by atoms with van der Waals surface area (Å²) >= 11 is 0. The van der Waals surface area contributed by atoms with Crippen LogP contribution in [-0.4, -0.2) is 26.2 Å². The van der Waals surface area contributed by atoms with Crippen molar-refractivity contribution in [1.82, 2.24) is 9.88 Å². The highest BCUT2D eigenvalue weighted by atomic mass is 32.2. The number of benzene rings is 1. The first-order chi connectivity index (χ1) is 10.4. The van der Waals surface area contributed by atoms with Crippen LogP contribution < -0.4 is 9.46 Å². The summed E-state index contributed by atoms with van der Waals surface area (Å²) in [5.74, 6) is 1.15. The molecule has 6 nitrogen and oxygen atoms in total. The number of aromatic nitrogens is 1. The summed E-state index contributed by atoms with van der Waals surface area (Å²) in [7, 11) is -3.68. The Balaban J connectivity index is 1.83. The molecule has 1 atom stereocenters. The first kappa shape index (κ1) is 15.1. The van der Waals surface area contributed by atoms with Crippen LogP contribution in [0.15, 0.2) is 27.6 Å². The van der Waals surface area contributed by atoms with Gasteiger partial charge >= 0.3 is 0 Å². The number of aryl methyl sites for hydroxylation is 3. The van der Waals surface area contributed by atoms with Gasteiger partial charge in [0.25, 0.3) is 0 Å². The van der Waals surface area contributed by atoms with Gasteiger partial charge in [-0.2, -0.15) is 0 Å². The van der Waals surface area contributed by atoms with Gasteiger partial charge in [0.2, 0.25) is 10.0 Å². The van der Waals surface area contributed by atoms with Crippen molar-refractivity contribution < 1.29 is 17.7 Å². The minimum absolute atomic E-state index is 0.113. The van der Waals surface area contributed by atoms with E-state index in [1.54, 1.807) is 13.8 Å². The molecule has 0 radical (unpaired) electrons. The molecule has 0 bridgehead atoms. The summed E-state index contributed by atoms with van der Waals surface area (Å²) < 4.78 is 38.4. The maximum atomic E-state index is 12.5. The average molecular weight is 322 g/mol. The summed E-state index contributed by atoms with van der Waals surface area (Å²) in [6.07, 6.45) is 0.597. The van der Waals surface area contributed by atoms with Gasteiger partial charge in [0.15, 0.2) is 5.76 Å². The first-order valence-electron chi connectivity index (χ1n) is 7.05. The Morgan fingerprint density at radius 1 is 1.27 bits per heavy atom. The van der Waals surface area contributed by atoms with Gasteiger partial charge in [-0.15, -0.1) is 0 Å². The van der Waals surface area contributed by atoms with Crippen LogP contribution in [0.5, 0.6) is 5.75 Å². The highest BCUT2D eigenvalue weighted by molar-refractivity contribution is 7.89. The predicted molar refractivity (Wildman–Crippen MR) is 80.5 cm³/mol. The van der Waals surface area contributed by atoms with E-state index in [9.17, 15) is 8.42 Å². The molecule has 0 saturated carbocycles. The lowest BCUT2D eigenvalue weighted by Crippen LogP contribution is -2.43. The lowest BCUT2D eigenvalue weighted by Gasteiger charge is -2.27. The van der Waals surface area contributed by atoms with E-state index in [0.717, 1.165) is 16.9 Å². The molecule has 0 amide bonds. The molecule has 22 heavy (non-hydrogen) atoms. The number of hydrogen-bond acceptors (Lipinski definition) is 5. The van der Waals surface area contributed by atoms with E-state index in [4.69, 9.17) is 9.26 Å². The van der Waals surface area contributed by atoms with Crippen molar-refractivity contribution in [1.29, 1.82) is 0 Å². The second-order valence-corrected chi connectivity index (χ2v) is 7.20. The van der Waals surface area contributed by atoms with Crippen LogP contribution in [0.2, 0.25) is 0 Å². The van der Waals surface area contributed by atoms with Crippen LogP contribution in [0.4, 0.5) is 0 Å². The number of para-hydroxylation sites is 1. The molecule has 0 saturated heterocycles. The van der Waals surface area contributed by atoms with Gasteiger partial charge in [-0.05, 0) is 38.3 Å². The third-order valence-electron chi connectivity index (χ3n) is 3.75. The molecule has 0 aliphatic carbocycles. The number of hydrogen-bond donors (Lipinski definition) is 1. The zero-order valence-electron chi connectivity index (χ0n) is 12.7. The minimum Gasteiger partial charge on any atom is -0.491 e. The van der Waals surface area contributed by atoms with Crippen molar-refractivity contribution in [3.63, 3.8) is 0 Å². The van der Waals surface area contributed by atoms with Crippen LogP contribution in [0.1, 0.15) is 22.6 Å². The van der Waals surface area contributed by atoms with Crippen LogP contribution in [0, 0.1) is 20.8 Å². The smallest absolute Gasteiger partial charge is 0.246 e. The molecule has 7 heteroatoms. The summed E-state index contributed by atoms with van der Waals surface area (Å²) in [4.78, 5) is 0.113. The van der Waals surface area contributed by atoms with E-state index in [-0.39, 0.29) is 16.7 Å². The second kappa shape index (κ2) is 5.40. The molecule has 1 aliphatic rings. The lowest BCUT2D eigenvalue weighted by atomic mass is 10.0. The zero-order chi connectivity index (χ0) is 15.9. The summed E-state index contributed by atoms with van der Waals surface area (Å²) in [5, 5.41) is 3.70. The van der Waals surface area contributed by atoms with E-state index in [2.05, 4.69) is 9.88 Å². The molecule has 0 fully saturated rings. The zero-order valence-corrected chi connectivity index (χ0v) is 13.5. The highest BCUT2D eigenvalue weighted by Gasteiger charge is 2.30. The van der Waals surface area contributed by atoms with Gasteiger partial charge in [-0.25, -0.2) is 13.1 Å². The van der Waals surface area contributed by atoms with Gasteiger partial charge in [0, 0.05) is 0 Å². The topological polar surface area (TPSA) is 81.4 Å². The molecular formula is C15H18N2O4S. The number of sulfonamides is 1. The minimum atomic E-state index is -3.68. The average Bonchev–Trinajstić information content (AvgIpc) is 2.78. The maximum absolute atomic E-state index is 12.5. The van der Waals surface area contributed by atoms with E-state index >= 15 is 0 Å². The van der Waals surface area contributed by atoms with Gasteiger partial charge in [0.1, 0.15) is 22.9 Å². The fraction of sp³-hybridized carbons (Fsp3) is 0.400. The van der Waals surface area contributed by atoms with Gasteiger partial charge in [-0.3, -0.25) is 0 Å². The Bertz CT molecular complexity index is 791. The van der Waals surface area contributed by atoms with Gasteiger partial charge in [0.05, 0.1) is 6.04 Å². The Hall–Kier alpha value is -1.86. The van der Waals surface area contributed by atoms with Crippen LogP contribution >= 0.6 is 0 Å². The monoisotopic (exact) mass is 322 g/mol. The highest BCUT2D eigenvalue weighted by Crippen LogP contribution is 2.29. The molecule has 1 aromatic heterocycles. The van der Waals surface area contributed by atoms with Crippen molar-refractivity contribution >= 4 is 10.0 Å². The third kappa shape index (κ3) is 2.62. The Kier molecular flexibility index (Phi) is 3.70. The normalized spacial score (nSPS) is 17.9. The SMILES string of the molecule is Cc1cccc2c1OCC(NS(=O)(=O)c1c(C)noc1C)C2. The number of ether oxygens (including phenoxy) is 1. The molecule has 3 rings (SSSR count). The number of nitrogens with one attached hydrogen (secondary N) is 1. The summed E-state index contributed by atoms with van der Waals surface area (Å²) in [6, 6.07) is 5.57. The van der Waals surface area contributed by atoms with E-state index in [0.29, 0.717) is 18.7 Å². The standard InChI is InChI=1S/C15H18N2O4S/c1-9-5-4-6-12-7-13(8-20-14(9)12)17-22(18,19)15-10(2)16-21-11(15)3/h4-6,13,17H,7-8H2,1-3H3. The van der Waals surface area contributed by atoms with Crippen LogP contribution in [0.3, 0.4) is 0 Å². The summed E-state index contributed by atoms with van der Waals surface area (Å²) in [5.41, 5.74) is 2.43. The van der Waals surface area contributed by atoms with Crippen LogP contribution in [-0.2, 0) is 16.4 Å². The third-order valence-corrected chi connectivity index (χ3v) is 5.51. The molecule has 1 aromatic carbocycles. The van der Waals surface area contributed by atoms with Gasteiger partial charge < -0.3 is 9.26 Å². The molecule has 1 N–H and O–H groups in total. The molecule has 2 heterocycles. The van der Waals surface area contributed by atoms with Crippen molar-refractivity contribution in [3.8, 4) is 5.75 Å². The quantitative estimate of drug-likeness (QED) is 0.933. The van der Waals surface area contributed by atoms with Crippen LogP contribution in [0.25, 0.3) is 0 Å². The van der Waals surface area contributed by atoms with Crippen molar-refractivity contribution in [2.24, 2.45) is 0 Å². The Labute approximate surface area is 129 Å². The Morgan fingerprint density at radius 2 is 2.05 bits per heavy atom. The maximum Gasteiger partial charge on any atom is 0.246 e. The molecule has 1 unspecified atom stereocenters. The lowest BCUT2D eigenvalue weighted by molar-refractivity contribution is 0.252. The van der Waals surface area contributed by atoms with Crippen molar-refractivity contribution in [2.45, 2.75) is 38.1 Å². The molecule has 0 spiro atoms. The first-order valence-corrected chi connectivity index (χ1v) is 8.53. The van der Waals surface area contributed by atoms with Crippen molar-refractivity contribution in [3.05, 3.63) is 40.8 Å².